The Balaban J connectivity index is 1.46. The number of piperidine rings is 1. The predicted molar refractivity (Wildman–Crippen MR) is 82.6 cm³/mol. The van der Waals surface area contributed by atoms with Gasteiger partial charge < -0.3 is 9.26 Å². The van der Waals surface area contributed by atoms with E-state index < -0.39 is 0 Å². The summed E-state index contributed by atoms with van der Waals surface area (Å²) < 4.78 is 10.1. The van der Waals surface area contributed by atoms with E-state index in [1.165, 1.54) is 26.4 Å². The number of likely N-dealkylation sites (tertiary alicyclic amines) is 1. The molecular weight excluding hydrogens is 294 g/mol. The van der Waals surface area contributed by atoms with E-state index in [2.05, 4.69) is 15.0 Å². The molecule has 0 spiro atoms. The molecule has 0 radical (unpaired) electrons. The highest BCUT2D eigenvalue weighted by atomic mass is 16.5. The Morgan fingerprint density at radius 1 is 1.35 bits per heavy atom. The van der Waals surface area contributed by atoms with Gasteiger partial charge in [0.15, 0.2) is 0 Å². The second-order valence-electron chi connectivity index (χ2n) is 6.34. The molecule has 1 aliphatic carbocycles. The van der Waals surface area contributed by atoms with Crippen LogP contribution in [0.25, 0.3) is 11.4 Å². The number of fused-ring (bicyclic) bond motifs is 2. The summed E-state index contributed by atoms with van der Waals surface area (Å²) >= 11 is 0. The first-order chi connectivity index (χ1) is 11.2. The van der Waals surface area contributed by atoms with Crippen LogP contribution in [0.5, 0.6) is 0 Å². The van der Waals surface area contributed by atoms with Crippen LogP contribution < -0.4 is 0 Å². The molecule has 2 bridgehead atoms. The fraction of sp³-hybridized carbons (Fsp3) is 0.471. The molecule has 120 valence electrons. The van der Waals surface area contributed by atoms with E-state index in [4.69, 9.17) is 9.26 Å². The van der Waals surface area contributed by atoms with Crippen molar-refractivity contribution in [2.24, 2.45) is 5.92 Å². The zero-order valence-corrected chi connectivity index (χ0v) is 13.1. The minimum absolute atomic E-state index is 0.352. The largest absolute Gasteiger partial charge is 0.465 e. The molecule has 2 aliphatic rings. The zero-order chi connectivity index (χ0) is 15.8. The summed E-state index contributed by atoms with van der Waals surface area (Å²) in [6.07, 6.45) is 3.97. The van der Waals surface area contributed by atoms with Crippen molar-refractivity contribution < 1.29 is 14.1 Å². The summed E-state index contributed by atoms with van der Waals surface area (Å²) in [5, 5.41) is 4.06. The van der Waals surface area contributed by atoms with E-state index >= 15 is 0 Å². The number of ether oxygens (including phenoxy) is 1. The van der Waals surface area contributed by atoms with Gasteiger partial charge >= 0.3 is 5.97 Å². The molecule has 23 heavy (non-hydrogen) atoms. The standard InChI is InChI=1S/C17H19N3O3/c1-22-17(21)13-5-3-12(4-6-13)16-18-15(23-19-16)10-20-9-11-2-7-14(20)8-11/h3-6,11,14H,2,7-10H2,1H3/t11-,14-/m0/s1. The van der Waals surface area contributed by atoms with Gasteiger partial charge in [-0.15, -0.1) is 0 Å². The third kappa shape index (κ3) is 2.74. The highest BCUT2D eigenvalue weighted by molar-refractivity contribution is 5.89. The van der Waals surface area contributed by atoms with E-state index in [1.54, 1.807) is 24.3 Å². The quantitative estimate of drug-likeness (QED) is 0.808. The van der Waals surface area contributed by atoms with E-state index in [-0.39, 0.29) is 5.97 Å². The Kier molecular flexibility index (Phi) is 3.61. The third-order valence-electron chi connectivity index (χ3n) is 4.89. The molecule has 1 aromatic heterocycles. The summed E-state index contributed by atoms with van der Waals surface area (Å²) in [4.78, 5) is 18.4. The summed E-state index contributed by atoms with van der Waals surface area (Å²) in [6.45, 7) is 1.88. The lowest BCUT2D eigenvalue weighted by molar-refractivity contribution is 0.0601. The Bertz CT molecular complexity index is 710. The molecule has 1 saturated carbocycles. The predicted octanol–water partition coefficient (Wildman–Crippen LogP) is 2.51. The van der Waals surface area contributed by atoms with Crippen molar-refractivity contribution in [2.45, 2.75) is 31.8 Å². The summed E-state index contributed by atoms with van der Waals surface area (Å²) in [5.74, 6) is 1.72. The third-order valence-corrected chi connectivity index (χ3v) is 4.89. The van der Waals surface area contributed by atoms with Crippen molar-refractivity contribution in [2.75, 3.05) is 13.7 Å². The fourth-order valence-electron chi connectivity index (χ4n) is 3.70. The number of aromatic nitrogens is 2. The monoisotopic (exact) mass is 313 g/mol. The average Bonchev–Trinajstić information content (AvgIpc) is 3.31. The topological polar surface area (TPSA) is 68.5 Å². The van der Waals surface area contributed by atoms with Crippen molar-refractivity contribution >= 4 is 5.97 Å². The second-order valence-corrected chi connectivity index (χ2v) is 6.34. The Morgan fingerprint density at radius 3 is 2.83 bits per heavy atom. The molecular formula is C17H19N3O3. The van der Waals surface area contributed by atoms with Gasteiger partial charge in [-0.05, 0) is 37.3 Å². The number of methoxy groups -OCH3 is 1. The lowest BCUT2D eigenvalue weighted by Crippen LogP contribution is -2.31. The Morgan fingerprint density at radius 2 is 2.17 bits per heavy atom. The summed E-state index contributed by atoms with van der Waals surface area (Å²) in [7, 11) is 1.37. The van der Waals surface area contributed by atoms with Crippen LogP contribution in [0.1, 0.15) is 35.5 Å². The van der Waals surface area contributed by atoms with E-state index in [9.17, 15) is 4.79 Å². The fourth-order valence-corrected chi connectivity index (χ4v) is 3.70. The number of esters is 1. The van der Waals surface area contributed by atoms with Gasteiger partial charge in [0.2, 0.25) is 11.7 Å². The summed E-state index contributed by atoms with van der Waals surface area (Å²) in [5.41, 5.74) is 1.34. The van der Waals surface area contributed by atoms with E-state index in [0.717, 1.165) is 24.6 Å². The van der Waals surface area contributed by atoms with Gasteiger partial charge in [0.25, 0.3) is 0 Å². The van der Waals surface area contributed by atoms with Crippen LogP contribution in [0.4, 0.5) is 0 Å². The van der Waals surface area contributed by atoms with Crippen LogP contribution in [0.3, 0.4) is 0 Å². The van der Waals surface area contributed by atoms with Gasteiger partial charge in [-0.1, -0.05) is 17.3 Å². The molecule has 6 nitrogen and oxygen atoms in total. The number of benzene rings is 1. The van der Waals surface area contributed by atoms with Gasteiger partial charge in [0, 0.05) is 18.2 Å². The van der Waals surface area contributed by atoms with Crippen molar-refractivity contribution in [3.05, 3.63) is 35.7 Å². The van der Waals surface area contributed by atoms with Crippen LogP contribution in [0, 0.1) is 5.92 Å². The maximum absolute atomic E-state index is 11.4. The van der Waals surface area contributed by atoms with Crippen molar-refractivity contribution in [1.82, 2.24) is 15.0 Å². The molecule has 2 aromatic rings. The van der Waals surface area contributed by atoms with Gasteiger partial charge in [-0.3, -0.25) is 4.90 Å². The molecule has 1 aliphatic heterocycles. The van der Waals surface area contributed by atoms with Gasteiger partial charge in [0.05, 0.1) is 19.2 Å². The number of carbonyl (C=O) groups excluding carboxylic acids is 1. The molecule has 2 fully saturated rings. The lowest BCUT2D eigenvalue weighted by Gasteiger charge is -2.24. The molecule has 6 heteroatoms. The first-order valence-electron chi connectivity index (χ1n) is 7.98. The number of rotatable bonds is 4. The highest BCUT2D eigenvalue weighted by Gasteiger charge is 2.38. The normalized spacial score (nSPS) is 23.3. The van der Waals surface area contributed by atoms with Crippen molar-refractivity contribution in [3.63, 3.8) is 0 Å². The van der Waals surface area contributed by atoms with Gasteiger partial charge in [0.1, 0.15) is 0 Å². The SMILES string of the molecule is COC(=O)c1ccc(-c2noc(CN3C[C@H]4CC[C@H]3C4)n2)cc1. The second kappa shape index (κ2) is 5.77. The zero-order valence-electron chi connectivity index (χ0n) is 13.1. The molecule has 2 heterocycles. The molecule has 0 N–H and O–H groups in total. The van der Waals surface area contributed by atoms with Crippen LogP contribution in [-0.2, 0) is 11.3 Å². The van der Waals surface area contributed by atoms with Crippen LogP contribution in [0.15, 0.2) is 28.8 Å². The van der Waals surface area contributed by atoms with Gasteiger partial charge in [-0.25, -0.2) is 4.79 Å². The van der Waals surface area contributed by atoms with Crippen LogP contribution >= 0.6 is 0 Å². The molecule has 1 saturated heterocycles. The van der Waals surface area contributed by atoms with Crippen LogP contribution in [-0.4, -0.2) is 40.7 Å². The maximum atomic E-state index is 11.4. The smallest absolute Gasteiger partial charge is 0.337 e. The Hall–Kier alpha value is -2.21. The Labute approximate surface area is 134 Å². The first-order valence-corrected chi connectivity index (χ1v) is 7.98. The van der Waals surface area contributed by atoms with Crippen molar-refractivity contribution in [1.29, 1.82) is 0 Å². The van der Waals surface area contributed by atoms with E-state index in [1.807, 2.05) is 0 Å². The minimum atomic E-state index is -0.352. The number of carbonyl (C=O) groups is 1. The number of hydrogen-bond acceptors (Lipinski definition) is 6. The number of nitrogens with zero attached hydrogens (tertiary/aromatic N) is 3. The van der Waals surface area contributed by atoms with Gasteiger partial charge in [-0.2, -0.15) is 4.98 Å². The first kappa shape index (κ1) is 14.4. The number of hydrogen-bond donors (Lipinski definition) is 0. The van der Waals surface area contributed by atoms with E-state index in [0.29, 0.717) is 23.3 Å². The lowest BCUT2D eigenvalue weighted by atomic mass is 10.1. The highest BCUT2D eigenvalue weighted by Crippen LogP contribution is 2.38. The minimum Gasteiger partial charge on any atom is -0.465 e. The van der Waals surface area contributed by atoms with Crippen LogP contribution in [0.2, 0.25) is 0 Å². The molecule has 0 unspecified atom stereocenters. The summed E-state index contributed by atoms with van der Waals surface area (Å²) in [6, 6.07) is 7.71. The van der Waals surface area contributed by atoms with Crippen molar-refractivity contribution in [3.8, 4) is 11.4 Å². The average molecular weight is 313 g/mol. The molecule has 2 atom stereocenters. The molecule has 4 rings (SSSR count). The molecule has 1 aromatic carbocycles. The maximum Gasteiger partial charge on any atom is 0.337 e. The molecule has 0 amide bonds.